The van der Waals surface area contributed by atoms with Gasteiger partial charge in [-0.15, -0.1) is 24.0 Å². The van der Waals surface area contributed by atoms with Crippen molar-refractivity contribution in [1.82, 2.24) is 10.6 Å². The molecule has 0 bridgehead atoms. The molecular formula is C21H36IN3O3. The number of unbranched alkanes of at least 4 members (excludes halogenated alkanes) is 3. The lowest BCUT2D eigenvalue weighted by molar-refractivity contribution is -0.143. The highest BCUT2D eigenvalue weighted by atomic mass is 127. The van der Waals surface area contributed by atoms with Crippen molar-refractivity contribution in [3.05, 3.63) is 35.9 Å². The Labute approximate surface area is 186 Å². The molecule has 0 aliphatic carbocycles. The molecule has 6 nitrogen and oxygen atoms in total. The molecule has 0 aromatic heterocycles. The zero-order chi connectivity index (χ0) is 20.0. The molecule has 0 radical (unpaired) electrons. The summed E-state index contributed by atoms with van der Waals surface area (Å²) in [5, 5.41) is 17.2. The normalized spacial score (nSPS) is 13.2. The number of esters is 1. The minimum atomic E-state index is -1.00. The van der Waals surface area contributed by atoms with Gasteiger partial charge in [-0.25, -0.2) is 4.99 Å². The summed E-state index contributed by atoms with van der Waals surface area (Å²) in [6, 6.07) is 9.58. The van der Waals surface area contributed by atoms with E-state index in [-0.39, 0.29) is 36.5 Å². The second-order valence-electron chi connectivity index (χ2n) is 6.73. The summed E-state index contributed by atoms with van der Waals surface area (Å²) in [4.78, 5) is 15.8. The first-order valence-corrected chi connectivity index (χ1v) is 9.95. The van der Waals surface area contributed by atoms with Gasteiger partial charge in [0, 0.05) is 19.5 Å². The Morgan fingerprint density at radius 3 is 2.43 bits per heavy atom. The smallest absolute Gasteiger partial charge is 0.305 e. The van der Waals surface area contributed by atoms with E-state index < -0.39 is 5.60 Å². The van der Waals surface area contributed by atoms with Gasteiger partial charge in [0.1, 0.15) is 5.60 Å². The molecule has 1 unspecified atom stereocenters. The summed E-state index contributed by atoms with van der Waals surface area (Å²) in [5.74, 6) is 0.600. The van der Waals surface area contributed by atoms with Crippen molar-refractivity contribution in [2.24, 2.45) is 4.99 Å². The Kier molecular flexibility index (Phi) is 14.8. The Hall–Kier alpha value is -1.35. The second-order valence-corrected chi connectivity index (χ2v) is 6.73. The van der Waals surface area contributed by atoms with Crippen LogP contribution in [0, 0.1) is 0 Å². The number of rotatable bonds is 12. The van der Waals surface area contributed by atoms with Crippen molar-refractivity contribution in [3.8, 4) is 0 Å². The van der Waals surface area contributed by atoms with Gasteiger partial charge in [0.15, 0.2) is 5.96 Å². The van der Waals surface area contributed by atoms with Gasteiger partial charge in [0.2, 0.25) is 0 Å². The number of nitrogens with zero attached hydrogens (tertiary/aromatic N) is 1. The number of ether oxygens (including phenoxy) is 1. The van der Waals surface area contributed by atoms with Crippen LogP contribution in [0.25, 0.3) is 0 Å². The number of aliphatic hydroxyl groups is 1. The Balaban J connectivity index is 0.00000729. The third-order valence-electron chi connectivity index (χ3n) is 4.19. The van der Waals surface area contributed by atoms with Crippen LogP contribution >= 0.6 is 24.0 Å². The average Bonchev–Trinajstić information content (AvgIpc) is 2.66. The molecule has 1 aromatic carbocycles. The van der Waals surface area contributed by atoms with Crippen LogP contribution in [0.3, 0.4) is 0 Å². The first kappa shape index (κ1) is 26.6. The predicted octanol–water partition coefficient (Wildman–Crippen LogP) is 3.58. The highest BCUT2D eigenvalue weighted by molar-refractivity contribution is 14.0. The Morgan fingerprint density at radius 1 is 1.11 bits per heavy atom. The zero-order valence-electron chi connectivity index (χ0n) is 17.4. The number of hydrogen-bond donors (Lipinski definition) is 3. The van der Waals surface area contributed by atoms with Gasteiger partial charge in [0.25, 0.3) is 0 Å². The van der Waals surface area contributed by atoms with Crippen LogP contribution in [0.15, 0.2) is 35.3 Å². The summed E-state index contributed by atoms with van der Waals surface area (Å²) in [5.41, 5.74) is -0.150. The van der Waals surface area contributed by atoms with E-state index in [9.17, 15) is 9.90 Å². The van der Waals surface area contributed by atoms with Crippen LogP contribution in [0.5, 0.6) is 0 Å². The summed E-state index contributed by atoms with van der Waals surface area (Å²) in [6.45, 7) is 7.92. The summed E-state index contributed by atoms with van der Waals surface area (Å²) in [7, 11) is 0. The van der Waals surface area contributed by atoms with Crippen LogP contribution in [0.4, 0.5) is 0 Å². The van der Waals surface area contributed by atoms with Crippen LogP contribution in [-0.4, -0.2) is 43.3 Å². The molecule has 0 aliphatic heterocycles. The van der Waals surface area contributed by atoms with E-state index in [0.29, 0.717) is 19.0 Å². The average molecular weight is 505 g/mol. The molecular weight excluding hydrogens is 469 g/mol. The molecule has 0 amide bonds. The number of halogens is 1. The van der Waals surface area contributed by atoms with Crippen molar-refractivity contribution in [2.45, 2.75) is 58.5 Å². The van der Waals surface area contributed by atoms with Crippen molar-refractivity contribution < 1.29 is 14.6 Å². The SMILES string of the molecule is CCNC(=NCC(C)(O)c1ccccc1)NCCCCCCC(=O)OCC.I. The molecule has 0 spiro atoms. The van der Waals surface area contributed by atoms with E-state index in [2.05, 4.69) is 15.6 Å². The highest BCUT2D eigenvalue weighted by Crippen LogP contribution is 2.20. The molecule has 1 atom stereocenters. The van der Waals surface area contributed by atoms with Crippen LogP contribution < -0.4 is 10.6 Å². The standard InChI is InChI=1S/C21H35N3O3.HI/c1-4-22-20(23-16-12-7-6-11-15-19(25)27-5-2)24-17-21(3,26)18-13-9-8-10-14-18;/h8-10,13-14,26H,4-7,11-12,15-17H2,1-3H3,(H2,22,23,24);1H. The van der Waals surface area contributed by atoms with Gasteiger partial charge in [-0.3, -0.25) is 4.79 Å². The lowest BCUT2D eigenvalue weighted by Gasteiger charge is -2.22. The van der Waals surface area contributed by atoms with E-state index >= 15 is 0 Å². The number of nitrogens with one attached hydrogen (secondary N) is 2. The minimum absolute atomic E-state index is 0. The van der Waals surface area contributed by atoms with Gasteiger partial charge in [-0.1, -0.05) is 43.2 Å². The molecule has 160 valence electrons. The van der Waals surface area contributed by atoms with Gasteiger partial charge >= 0.3 is 5.97 Å². The fraction of sp³-hybridized carbons (Fsp3) is 0.619. The van der Waals surface area contributed by atoms with E-state index in [1.165, 1.54) is 0 Å². The fourth-order valence-corrected chi connectivity index (χ4v) is 2.65. The number of carbonyl (C=O) groups excluding carboxylic acids is 1. The van der Waals surface area contributed by atoms with Crippen molar-refractivity contribution in [3.63, 3.8) is 0 Å². The molecule has 0 saturated heterocycles. The predicted molar refractivity (Wildman–Crippen MR) is 125 cm³/mol. The Bertz CT molecular complexity index is 565. The van der Waals surface area contributed by atoms with Crippen LogP contribution in [0.1, 0.15) is 58.4 Å². The van der Waals surface area contributed by atoms with Gasteiger partial charge in [-0.2, -0.15) is 0 Å². The number of aliphatic imine (C=N–C) groups is 1. The molecule has 0 fully saturated rings. The quantitative estimate of drug-likeness (QED) is 0.133. The van der Waals surface area contributed by atoms with Crippen LogP contribution in [-0.2, 0) is 15.1 Å². The highest BCUT2D eigenvalue weighted by Gasteiger charge is 2.22. The lowest BCUT2D eigenvalue weighted by Crippen LogP contribution is -2.39. The van der Waals surface area contributed by atoms with Crippen molar-refractivity contribution >= 4 is 35.9 Å². The minimum Gasteiger partial charge on any atom is -0.466 e. The van der Waals surface area contributed by atoms with E-state index in [0.717, 1.165) is 44.3 Å². The first-order chi connectivity index (χ1) is 13.0. The van der Waals surface area contributed by atoms with Crippen molar-refractivity contribution in [1.29, 1.82) is 0 Å². The summed E-state index contributed by atoms with van der Waals surface area (Å²) < 4.78 is 4.92. The monoisotopic (exact) mass is 505 g/mol. The maximum atomic E-state index is 11.3. The van der Waals surface area contributed by atoms with Gasteiger partial charge < -0.3 is 20.5 Å². The molecule has 3 N–H and O–H groups in total. The molecule has 0 saturated carbocycles. The molecule has 1 rings (SSSR count). The lowest BCUT2D eigenvalue weighted by atomic mass is 9.96. The molecule has 0 aliphatic rings. The fourth-order valence-electron chi connectivity index (χ4n) is 2.65. The molecule has 7 heteroatoms. The van der Waals surface area contributed by atoms with E-state index in [4.69, 9.17) is 4.74 Å². The number of guanidine groups is 1. The number of benzene rings is 1. The summed E-state index contributed by atoms with van der Waals surface area (Å²) in [6.07, 6.45) is 4.43. The summed E-state index contributed by atoms with van der Waals surface area (Å²) >= 11 is 0. The largest absolute Gasteiger partial charge is 0.466 e. The Morgan fingerprint density at radius 2 is 1.79 bits per heavy atom. The maximum Gasteiger partial charge on any atom is 0.305 e. The van der Waals surface area contributed by atoms with E-state index in [1.54, 1.807) is 6.92 Å². The number of hydrogen-bond acceptors (Lipinski definition) is 4. The van der Waals surface area contributed by atoms with Gasteiger partial charge in [0.05, 0.1) is 13.2 Å². The first-order valence-electron chi connectivity index (χ1n) is 9.95. The maximum absolute atomic E-state index is 11.3. The third kappa shape index (κ3) is 11.5. The zero-order valence-corrected chi connectivity index (χ0v) is 19.7. The van der Waals surface area contributed by atoms with E-state index in [1.807, 2.05) is 44.2 Å². The second kappa shape index (κ2) is 15.6. The molecule has 28 heavy (non-hydrogen) atoms. The molecule has 1 aromatic rings. The van der Waals surface area contributed by atoms with Crippen molar-refractivity contribution in [2.75, 3.05) is 26.2 Å². The van der Waals surface area contributed by atoms with Crippen LogP contribution in [0.2, 0.25) is 0 Å². The number of carbonyl (C=O) groups is 1. The molecule has 0 heterocycles. The topological polar surface area (TPSA) is 83.0 Å². The van der Waals surface area contributed by atoms with Gasteiger partial charge in [-0.05, 0) is 39.2 Å². The third-order valence-corrected chi connectivity index (χ3v) is 4.19.